The van der Waals surface area contributed by atoms with E-state index in [0.717, 1.165) is 37.1 Å². The van der Waals surface area contributed by atoms with E-state index in [1.54, 1.807) is 44.4 Å². The number of carbonyl (C=O) groups is 2. The highest BCUT2D eigenvalue weighted by Crippen LogP contribution is 2.38. The minimum atomic E-state index is -0.855. The molecule has 2 aliphatic heterocycles. The number of methoxy groups -OCH3 is 2. The minimum Gasteiger partial charge on any atom is -0.493 e. The summed E-state index contributed by atoms with van der Waals surface area (Å²) >= 11 is 1.24. The van der Waals surface area contributed by atoms with Crippen molar-refractivity contribution in [2.75, 3.05) is 40.5 Å². The number of aromatic nitrogens is 1. The highest BCUT2D eigenvalue weighted by atomic mass is 32.1. The molecule has 1 amide bonds. The lowest BCUT2D eigenvalue weighted by molar-refractivity contribution is -0.139. The standard InChI is InChI=1S/C36H35N3O7S/c1-4-45-35(42)31-32(24-10-6-5-7-11-24)37-36-39(33(31)25-14-17-27(43-2)28(21-25)44-3)34(41)29(47-36)20-23-12-15-26(16-13-23)46-22-30(40)38-18-8-9-19-38/h5-7,10-17,20-21,33H,4,8-9,18-19,22H2,1-3H3/b29-20+/t33-/m0/s1. The van der Waals surface area contributed by atoms with Gasteiger partial charge in [-0.05, 0) is 61.2 Å². The molecule has 10 nitrogen and oxygen atoms in total. The Morgan fingerprint density at radius 3 is 2.36 bits per heavy atom. The van der Waals surface area contributed by atoms with Crippen molar-refractivity contribution in [2.24, 2.45) is 4.99 Å². The number of likely N-dealkylation sites (tertiary alicyclic amines) is 1. The number of hydrogen-bond acceptors (Lipinski definition) is 9. The first-order chi connectivity index (χ1) is 22.9. The topological polar surface area (TPSA) is 109 Å². The molecular formula is C36H35N3O7S. The van der Waals surface area contributed by atoms with E-state index < -0.39 is 12.0 Å². The van der Waals surface area contributed by atoms with Crippen LogP contribution in [0.5, 0.6) is 17.2 Å². The molecule has 0 aliphatic carbocycles. The molecule has 3 heterocycles. The quantitative estimate of drug-likeness (QED) is 0.239. The molecule has 0 bridgehead atoms. The maximum Gasteiger partial charge on any atom is 0.338 e. The van der Waals surface area contributed by atoms with Crippen LogP contribution in [0, 0.1) is 0 Å². The predicted molar refractivity (Wildman–Crippen MR) is 178 cm³/mol. The van der Waals surface area contributed by atoms with Crippen LogP contribution in [0.3, 0.4) is 0 Å². The third-order valence-electron chi connectivity index (χ3n) is 8.10. The Kier molecular flexibility index (Phi) is 9.53. The van der Waals surface area contributed by atoms with E-state index >= 15 is 0 Å². The van der Waals surface area contributed by atoms with Crippen LogP contribution < -0.4 is 29.1 Å². The van der Waals surface area contributed by atoms with Crippen molar-refractivity contribution in [1.29, 1.82) is 0 Å². The molecule has 242 valence electrons. The Labute approximate surface area is 275 Å². The van der Waals surface area contributed by atoms with E-state index in [-0.39, 0.29) is 30.3 Å². The Balaban J connectivity index is 1.44. The van der Waals surface area contributed by atoms with Gasteiger partial charge in [-0.3, -0.25) is 14.2 Å². The summed E-state index contributed by atoms with van der Waals surface area (Å²) in [5.41, 5.74) is 2.49. The fraction of sp³-hybridized carbons (Fsp3) is 0.278. The van der Waals surface area contributed by atoms with Gasteiger partial charge in [-0.2, -0.15) is 0 Å². The molecule has 1 aromatic heterocycles. The monoisotopic (exact) mass is 653 g/mol. The largest absolute Gasteiger partial charge is 0.493 e. The molecule has 1 fully saturated rings. The van der Waals surface area contributed by atoms with Crippen LogP contribution in [0.4, 0.5) is 0 Å². The first-order valence-electron chi connectivity index (χ1n) is 15.4. The van der Waals surface area contributed by atoms with Crippen LogP contribution in [0.25, 0.3) is 11.8 Å². The molecule has 1 saturated heterocycles. The number of rotatable bonds is 10. The van der Waals surface area contributed by atoms with E-state index in [9.17, 15) is 14.4 Å². The number of ether oxygens (including phenoxy) is 4. The third kappa shape index (κ3) is 6.57. The lowest BCUT2D eigenvalue weighted by Crippen LogP contribution is -2.40. The van der Waals surface area contributed by atoms with Gasteiger partial charge in [0, 0.05) is 18.7 Å². The normalized spacial score (nSPS) is 16.0. The van der Waals surface area contributed by atoms with Crippen LogP contribution in [-0.4, -0.2) is 61.9 Å². The number of hydrogen-bond donors (Lipinski definition) is 0. The van der Waals surface area contributed by atoms with Gasteiger partial charge in [0.15, 0.2) is 22.9 Å². The minimum absolute atomic E-state index is 0.0133. The van der Waals surface area contributed by atoms with Crippen LogP contribution >= 0.6 is 11.3 Å². The van der Waals surface area contributed by atoms with Gasteiger partial charge in [0.1, 0.15) is 5.75 Å². The molecule has 3 aromatic carbocycles. The molecule has 6 rings (SSSR count). The maximum absolute atomic E-state index is 14.2. The fourth-order valence-corrected chi connectivity index (χ4v) is 6.79. The highest BCUT2D eigenvalue weighted by Gasteiger charge is 2.35. The van der Waals surface area contributed by atoms with Crippen molar-refractivity contribution in [2.45, 2.75) is 25.8 Å². The summed E-state index contributed by atoms with van der Waals surface area (Å²) in [6.07, 6.45) is 3.84. The fourth-order valence-electron chi connectivity index (χ4n) is 5.79. The predicted octanol–water partition coefficient (Wildman–Crippen LogP) is 3.95. The summed E-state index contributed by atoms with van der Waals surface area (Å²) in [7, 11) is 3.08. The Morgan fingerprint density at radius 1 is 0.957 bits per heavy atom. The molecule has 1 atom stereocenters. The van der Waals surface area contributed by atoms with Crippen LogP contribution in [0.1, 0.15) is 42.5 Å². The molecule has 11 heteroatoms. The van der Waals surface area contributed by atoms with E-state index in [2.05, 4.69) is 0 Å². The van der Waals surface area contributed by atoms with E-state index in [4.69, 9.17) is 23.9 Å². The molecule has 0 unspecified atom stereocenters. The average Bonchev–Trinajstić information content (AvgIpc) is 3.76. The Hall–Kier alpha value is -5.16. The van der Waals surface area contributed by atoms with E-state index in [1.165, 1.54) is 23.0 Å². The zero-order valence-electron chi connectivity index (χ0n) is 26.4. The van der Waals surface area contributed by atoms with Crippen molar-refractivity contribution in [3.8, 4) is 17.2 Å². The van der Waals surface area contributed by atoms with Gasteiger partial charge >= 0.3 is 5.97 Å². The average molecular weight is 654 g/mol. The summed E-state index contributed by atoms with van der Waals surface area (Å²) in [5.74, 6) is 0.951. The number of fused-ring (bicyclic) bond motifs is 1. The van der Waals surface area contributed by atoms with Gasteiger partial charge in [-0.15, -0.1) is 0 Å². The molecule has 0 N–H and O–H groups in total. The lowest BCUT2D eigenvalue weighted by Gasteiger charge is -2.26. The maximum atomic E-state index is 14.2. The SMILES string of the molecule is CCOC(=O)C1=C(c2ccccc2)N=c2s/c(=C/c3ccc(OCC(=O)N4CCCC4)cc3)c(=O)n2[C@H]1c1ccc(OC)c(OC)c1. The van der Waals surface area contributed by atoms with Gasteiger partial charge < -0.3 is 23.8 Å². The zero-order chi connectivity index (χ0) is 32.9. The van der Waals surface area contributed by atoms with Gasteiger partial charge in [-0.1, -0.05) is 59.9 Å². The summed E-state index contributed by atoms with van der Waals surface area (Å²) in [6, 6.07) is 21.1. The molecule has 0 saturated carbocycles. The molecule has 47 heavy (non-hydrogen) atoms. The van der Waals surface area contributed by atoms with Gasteiger partial charge in [0.2, 0.25) is 0 Å². The number of esters is 1. The summed E-state index contributed by atoms with van der Waals surface area (Å²) < 4.78 is 24.3. The highest BCUT2D eigenvalue weighted by molar-refractivity contribution is 7.07. The van der Waals surface area contributed by atoms with Gasteiger partial charge in [0.25, 0.3) is 11.5 Å². The second-order valence-electron chi connectivity index (χ2n) is 11.0. The summed E-state index contributed by atoms with van der Waals surface area (Å²) in [4.78, 5) is 47.4. The van der Waals surface area contributed by atoms with Crippen LogP contribution in [-0.2, 0) is 14.3 Å². The van der Waals surface area contributed by atoms with Crippen molar-refractivity contribution in [3.05, 3.63) is 115 Å². The van der Waals surface area contributed by atoms with Gasteiger partial charge in [-0.25, -0.2) is 9.79 Å². The summed E-state index contributed by atoms with van der Waals surface area (Å²) in [6.45, 7) is 3.43. The number of nitrogens with zero attached hydrogens (tertiary/aromatic N) is 3. The van der Waals surface area contributed by atoms with Crippen LogP contribution in [0.2, 0.25) is 0 Å². The van der Waals surface area contributed by atoms with Crippen molar-refractivity contribution in [1.82, 2.24) is 9.47 Å². The van der Waals surface area contributed by atoms with E-state index in [1.807, 2.05) is 53.4 Å². The second-order valence-corrected chi connectivity index (χ2v) is 12.0. The van der Waals surface area contributed by atoms with Gasteiger partial charge in [0.05, 0.1) is 42.7 Å². The number of benzene rings is 3. The van der Waals surface area contributed by atoms with Crippen LogP contribution in [0.15, 0.2) is 88.2 Å². The Bertz CT molecular complexity index is 1990. The second kappa shape index (κ2) is 14.1. The third-order valence-corrected chi connectivity index (χ3v) is 9.08. The number of thiazole rings is 1. The van der Waals surface area contributed by atoms with Crippen molar-refractivity contribution in [3.63, 3.8) is 0 Å². The summed E-state index contributed by atoms with van der Waals surface area (Å²) in [5, 5.41) is 0. The molecule has 0 radical (unpaired) electrons. The Morgan fingerprint density at radius 2 is 1.68 bits per heavy atom. The van der Waals surface area contributed by atoms with E-state index in [0.29, 0.717) is 37.8 Å². The first-order valence-corrected chi connectivity index (χ1v) is 16.2. The molecule has 0 spiro atoms. The van der Waals surface area contributed by atoms with Crippen molar-refractivity contribution >= 4 is 35.0 Å². The number of amides is 1. The smallest absolute Gasteiger partial charge is 0.338 e. The molecular weight excluding hydrogens is 618 g/mol. The number of carbonyl (C=O) groups excluding carboxylic acids is 2. The first kappa shape index (κ1) is 31.8. The molecule has 2 aliphatic rings. The zero-order valence-corrected chi connectivity index (χ0v) is 27.2. The molecule has 4 aromatic rings. The lowest BCUT2D eigenvalue weighted by atomic mass is 9.93. The van der Waals surface area contributed by atoms with Crippen molar-refractivity contribution < 1.29 is 28.5 Å².